The Morgan fingerprint density at radius 1 is 1.77 bits per heavy atom. The van der Waals surface area contributed by atoms with Crippen molar-refractivity contribution in [2.24, 2.45) is 0 Å². The van der Waals surface area contributed by atoms with Crippen LogP contribution >= 0.6 is 15.9 Å². The Balaban J connectivity index is 1.78. The Bertz CT molecular complexity index is 645. The zero-order chi connectivity index (χ0) is 15.9. The number of hydrogen-bond acceptors (Lipinski definition) is 5. The largest absolute Gasteiger partial charge is 0.443 e. The lowest BCUT2D eigenvalue weighted by atomic mass is 10.3. The van der Waals surface area contributed by atoms with E-state index in [9.17, 15) is 10.1 Å². The molecule has 0 radical (unpaired) electrons. The standard InChI is InChI=1S/C14H14BrN3O4/c1-2-5-11(15)6-3-4-7-21-12-8-17-9-13(18(19)20)16-14(17)22-10-12/h1,3,5-6,9,12H,4,7-8,10H2/b6-3-,11-5+. The second kappa shape index (κ2) is 7.77. The van der Waals surface area contributed by atoms with E-state index in [4.69, 9.17) is 15.9 Å². The highest BCUT2D eigenvalue weighted by Crippen LogP contribution is 2.22. The Kier molecular flexibility index (Phi) is 5.75. The second-order valence-electron chi connectivity index (χ2n) is 4.48. The Morgan fingerprint density at radius 3 is 3.32 bits per heavy atom. The molecule has 1 aromatic heterocycles. The summed E-state index contributed by atoms with van der Waals surface area (Å²) in [5.74, 6) is 2.20. The van der Waals surface area contributed by atoms with Crippen molar-refractivity contribution in [3.63, 3.8) is 0 Å². The van der Waals surface area contributed by atoms with Crippen molar-refractivity contribution < 1.29 is 14.4 Å². The third-order valence-electron chi connectivity index (χ3n) is 2.85. The molecule has 0 aromatic carbocycles. The van der Waals surface area contributed by atoms with Gasteiger partial charge < -0.3 is 19.6 Å². The predicted molar refractivity (Wildman–Crippen MR) is 83.7 cm³/mol. The number of fused-ring (bicyclic) bond motifs is 1. The summed E-state index contributed by atoms with van der Waals surface area (Å²) < 4.78 is 13.5. The van der Waals surface area contributed by atoms with Gasteiger partial charge >= 0.3 is 11.8 Å². The van der Waals surface area contributed by atoms with Crippen LogP contribution in [0.15, 0.2) is 28.9 Å². The molecule has 0 bridgehead atoms. The number of nitro groups is 1. The van der Waals surface area contributed by atoms with Gasteiger partial charge in [-0.25, -0.2) is 0 Å². The molecule has 116 valence electrons. The van der Waals surface area contributed by atoms with Crippen LogP contribution in [0.25, 0.3) is 0 Å². The van der Waals surface area contributed by atoms with Gasteiger partial charge in [0.1, 0.15) is 18.9 Å². The molecule has 1 aliphatic rings. The van der Waals surface area contributed by atoms with Crippen LogP contribution in [0.4, 0.5) is 5.82 Å². The number of hydrogen-bond donors (Lipinski definition) is 0. The van der Waals surface area contributed by atoms with E-state index in [0.717, 1.165) is 10.9 Å². The van der Waals surface area contributed by atoms with Gasteiger partial charge in [0, 0.05) is 15.5 Å². The van der Waals surface area contributed by atoms with Crippen LogP contribution in [0.5, 0.6) is 6.01 Å². The third kappa shape index (κ3) is 4.44. The monoisotopic (exact) mass is 367 g/mol. The summed E-state index contributed by atoms with van der Waals surface area (Å²) in [4.78, 5) is 13.9. The highest BCUT2D eigenvalue weighted by molar-refractivity contribution is 9.11. The average molecular weight is 368 g/mol. The molecule has 1 aliphatic heterocycles. The zero-order valence-corrected chi connectivity index (χ0v) is 13.2. The molecule has 0 aliphatic carbocycles. The highest BCUT2D eigenvalue weighted by atomic mass is 79.9. The van der Waals surface area contributed by atoms with Crippen molar-refractivity contribution in [1.29, 1.82) is 0 Å². The number of rotatable bonds is 6. The molecule has 22 heavy (non-hydrogen) atoms. The molecule has 7 nitrogen and oxygen atoms in total. The number of aromatic nitrogens is 2. The lowest BCUT2D eigenvalue weighted by molar-refractivity contribution is -0.389. The van der Waals surface area contributed by atoms with E-state index in [2.05, 4.69) is 26.8 Å². The number of nitrogens with zero attached hydrogens (tertiary/aromatic N) is 3. The first-order valence-corrected chi connectivity index (χ1v) is 7.33. The molecule has 2 heterocycles. The van der Waals surface area contributed by atoms with Gasteiger partial charge in [-0.05, 0) is 11.3 Å². The normalized spacial score (nSPS) is 17.8. The number of ether oxygens (including phenoxy) is 2. The lowest BCUT2D eigenvalue weighted by Crippen LogP contribution is -2.32. The first-order valence-electron chi connectivity index (χ1n) is 6.54. The maximum Gasteiger partial charge on any atom is 0.414 e. The first kappa shape index (κ1) is 16.3. The van der Waals surface area contributed by atoms with E-state index in [1.165, 1.54) is 6.20 Å². The number of halogens is 1. The minimum absolute atomic E-state index is 0.153. The van der Waals surface area contributed by atoms with Gasteiger partial charge in [-0.2, -0.15) is 0 Å². The van der Waals surface area contributed by atoms with Crippen molar-refractivity contribution in [3.05, 3.63) is 39.0 Å². The van der Waals surface area contributed by atoms with E-state index in [1.54, 1.807) is 10.6 Å². The molecule has 8 heteroatoms. The van der Waals surface area contributed by atoms with Crippen LogP contribution in [-0.4, -0.2) is 33.8 Å². The van der Waals surface area contributed by atoms with Crippen molar-refractivity contribution in [1.82, 2.24) is 9.55 Å². The van der Waals surface area contributed by atoms with Gasteiger partial charge in [0.25, 0.3) is 0 Å². The van der Waals surface area contributed by atoms with Gasteiger partial charge in [-0.15, -0.1) is 6.42 Å². The first-order chi connectivity index (χ1) is 10.6. The Hall–Kier alpha value is -2.11. The van der Waals surface area contributed by atoms with Crippen LogP contribution < -0.4 is 4.74 Å². The zero-order valence-electron chi connectivity index (χ0n) is 11.6. The molecule has 2 rings (SSSR count). The minimum atomic E-state index is -0.545. The van der Waals surface area contributed by atoms with Gasteiger partial charge in [-0.1, -0.05) is 34.0 Å². The number of imidazole rings is 1. The van der Waals surface area contributed by atoms with Crippen LogP contribution in [0.3, 0.4) is 0 Å². The summed E-state index contributed by atoms with van der Waals surface area (Å²) in [7, 11) is 0. The third-order valence-corrected chi connectivity index (χ3v) is 3.34. The molecule has 1 atom stereocenters. The van der Waals surface area contributed by atoms with Crippen LogP contribution in [-0.2, 0) is 11.3 Å². The van der Waals surface area contributed by atoms with E-state index in [-0.39, 0.29) is 17.9 Å². The van der Waals surface area contributed by atoms with E-state index in [0.29, 0.717) is 19.8 Å². The highest BCUT2D eigenvalue weighted by Gasteiger charge is 2.27. The van der Waals surface area contributed by atoms with Crippen LogP contribution in [0, 0.1) is 22.5 Å². The molecular formula is C14H14BrN3O4. The lowest BCUT2D eigenvalue weighted by Gasteiger charge is -2.22. The molecule has 0 saturated carbocycles. The second-order valence-corrected chi connectivity index (χ2v) is 5.40. The quantitative estimate of drug-likeness (QED) is 0.253. The van der Waals surface area contributed by atoms with Gasteiger partial charge in [0.2, 0.25) is 0 Å². The smallest absolute Gasteiger partial charge is 0.414 e. The van der Waals surface area contributed by atoms with E-state index < -0.39 is 4.92 Å². The fourth-order valence-electron chi connectivity index (χ4n) is 1.89. The Labute approximate surface area is 135 Å². The van der Waals surface area contributed by atoms with Crippen molar-refractivity contribution in [3.8, 4) is 18.4 Å². The molecule has 1 aromatic rings. The molecule has 0 fully saturated rings. The van der Waals surface area contributed by atoms with Gasteiger partial charge in [-0.3, -0.25) is 4.57 Å². The molecule has 0 N–H and O–H groups in total. The topological polar surface area (TPSA) is 79.4 Å². The Morgan fingerprint density at radius 2 is 2.59 bits per heavy atom. The number of allylic oxidation sites excluding steroid dienone is 3. The summed E-state index contributed by atoms with van der Waals surface area (Å²) in [6.45, 7) is 1.34. The summed E-state index contributed by atoms with van der Waals surface area (Å²) in [5.41, 5.74) is 0. The fraction of sp³-hybridized carbons (Fsp3) is 0.357. The SMILES string of the molecule is C#C/C=C(Br)\C=C/CCOC1COc2nc([N+](=O)[O-])cn2C1. The van der Waals surface area contributed by atoms with E-state index >= 15 is 0 Å². The summed E-state index contributed by atoms with van der Waals surface area (Å²) >= 11 is 3.30. The summed E-state index contributed by atoms with van der Waals surface area (Å²) in [5, 5.41) is 10.7. The molecule has 0 amide bonds. The molecule has 0 spiro atoms. The summed E-state index contributed by atoms with van der Waals surface area (Å²) in [6, 6.07) is 0.259. The maximum absolute atomic E-state index is 10.7. The van der Waals surface area contributed by atoms with Gasteiger partial charge in [0.05, 0.1) is 13.2 Å². The van der Waals surface area contributed by atoms with Crippen molar-refractivity contribution in [2.45, 2.75) is 19.1 Å². The molecule has 1 unspecified atom stereocenters. The van der Waals surface area contributed by atoms with Crippen molar-refractivity contribution >= 4 is 21.7 Å². The van der Waals surface area contributed by atoms with Crippen LogP contribution in [0.1, 0.15) is 6.42 Å². The average Bonchev–Trinajstić information content (AvgIpc) is 2.90. The summed E-state index contributed by atoms with van der Waals surface area (Å²) in [6.07, 6.45) is 12.5. The minimum Gasteiger partial charge on any atom is -0.443 e. The maximum atomic E-state index is 10.7. The fourth-order valence-corrected chi connectivity index (χ4v) is 2.21. The molecule has 0 saturated heterocycles. The van der Waals surface area contributed by atoms with E-state index in [1.807, 2.05) is 12.2 Å². The van der Waals surface area contributed by atoms with Crippen molar-refractivity contribution in [2.75, 3.05) is 13.2 Å². The van der Waals surface area contributed by atoms with Gasteiger partial charge in [0.15, 0.2) is 0 Å². The number of terminal acetylenes is 1. The van der Waals surface area contributed by atoms with Crippen LogP contribution in [0.2, 0.25) is 0 Å². The predicted octanol–water partition coefficient (Wildman–Crippen LogP) is 2.43. The molecular weight excluding hydrogens is 354 g/mol.